The minimum atomic E-state index is -0.777. The molecule has 0 bridgehead atoms. The Kier molecular flexibility index (Phi) is 3.59. The van der Waals surface area contributed by atoms with Gasteiger partial charge in [0.25, 0.3) is 0 Å². The van der Waals surface area contributed by atoms with Gasteiger partial charge in [0.15, 0.2) is 11.6 Å². The first-order chi connectivity index (χ1) is 9.94. The maximum Gasteiger partial charge on any atom is 0.161 e. The van der Waals surface area contributed by atoms with Crippen molar-refractivity contribution in [2.75, 3.05) is 0 Å². The Morgan fingerprint density at radius 1 is 0.905 bits per heavy atom. The molecule has 1 aromatic heterocycles. The SMILES string of the molecule is Fc1cc(F)cc(-c2nc(Cl)c3cc(Br)cc(F)c3n2)c1. The Hall–Kier alpha value is -1.66. The van der Waals surface area contributed by atoms with Crippen molar-refractivity contribution in [2.24, 2.45) is 0 Å². The third-order valence-corrected chi connectivity index (χ3v) is 3.54. The van der Waals surface area contributed by atoms with E-state index < -0.39 is 17.5 Å². The van der Waals surface area contributed by atoms with Crippen LogP contribution in [0.25, 0.3) is 22.3 Å². The molecule has 0 aliphatic carbocycles. The summed E-state index contributed by atoms with van der Waals surface area (Å²) < 4.78 is 40.9. The lowest BCUT2D eigenvalue weighted by Gasteiger charge is -2.06. The van der Waals surface area contributed by atoms with Crippen LogP contribution >= 0.6 is 27.5 Å². The van der Waals surface area contributed by atoms with Gasteiger partial charge in [0.2, 0.25) is 0 Å². The van der Waals surface area contributed by atoms with Crippen molar-refractivity contribution in [3.8, 4) is 11.4 Å². The van der Waals surface area contributed by atoms with E-state index in [1.54, 1.807) is 6.07 Å². The number of hydrogen-bond donors (Lipinski definition) is 0. The van der Waals surface area contributed by atoms with E-state index in [4.69, 9.17) is 11.6 Å². The normalized spacial score (nSPS) is 11.1. The van der Waals surface area contributed by atoms with Crippen LogP contribution in [0.1, 0.15) is 0 Å². The highest BCUT2D eigenvalue weighted by molar-refractivity contribution is 9.10. The van der Waals surface area contributed by atoms with E-state index in [0.29, 0.717) is 9.86 Å². The lowest BCUT2D eigenvalue weighted by atomic mass is 10.2. The average molecular weight is 374 g/mol. The Balaban J connectivity index is 2.30. The number of aromatic nitrogens is 2. The fraction of sp³-hybridized carbons (Fsp3) is 0. The maximum absolute atomic E-state index is 14.0. The number of benzene rings is 2. The summed E-state index contributed by atoms with van der Waals surface area (Å²) in [5, 5.41) is 0.309. The number of rotatable bonds is 1. The van der Waals surface area contributed by atoms with E-state index >= 15 is 0 Å². The number of nitrogens with zero attached hydrogens (tertiary/aromatic N) is 2. The highest BCUT2D eigenvalue weighted by atomic mass is 79.9. The molecule has 3 rings (SSSR count). The summed E-state index contributed by atoms with van der Waals surface area (Å²) in [6, 6.07) is 5.62. The Bertz CT molecular complexity index is 850. The highest BCUT2D eigenvalue weighted by Gasteiger charge is 2.13. The highest BCUT2D eigenvalue weighted by Crippen LogP contribution is 2.29. The second-order valence-electron chi connectivity index (χ2n) is 4.28. The summed E-state index contributed by atoms with van der Waals surface area (Å²) in [6.45, 7) is 0. The zero-order chi connectivity index (χ0) is 15.1. The van der Waals surface area contributed by atoms with Crippen molar-refractivity contribution in [1.82, 2.24) is 9.97 Å². The topological polar surface area (TPSA) is 25.8 Å². The van der Waals surface area contributed by atoms with Crippen LogP contribution in [0.4, 0.5) is 13.2 Å². The molecule has 0 fully saturated rings. The number of halogens is 5. The first-order valence-corrected chi connectivity index (χ1v) is 6.90. The summed E-state index contributed by atoms with van der Waals surface area (Å²) in [5.41, 5.74) is 0.0662. The standard InChI is InChI=1S/C14H5BrClF3N2/c15-7-3-10-12(11(19)4-7)20-14(21-13(10)16)6-1-8(17)5-9(18)2-6/h1-5H. The van der Waals surface area contributed by atoms with Gasteiger partial charge >= 0.3 is 0 Å². The third kappa shape index (κ3) is 2.73. The summed E-state index contributed by atoms with van der Waals surface area (Å²) in [6.07, 6.45) is 0. The van der Waals surface area contributed by atoms with Crippen LogP contribution in [-0.4, -0.2) is 9.97 Å². The molecule has 3 aromatic rings. The van der Waals surface area contributed by atoms with E-state index in [2.05, 4.69) is 25.9 Å². The zero-order valence-corrected chi connectivity index (χ0v) is 12.5. The van der Waals surface area contributed by atoms with Crippen molar-refractivity contribution < 1.29 is 13.2 Å². The largest absolute Gasteiger partial charge is 0.225 e. The van der Waals surface area contributed by atoms with Crippen molar-refractivity contribution in [3.63, 3.8) is 0 Å². The molecular formula is C14H5BrClF3N2. The van der Waals surface area contributed by atoms with Crippen molar-refractivity contribution >= 4 is 38.4 Å². The molecule has 21 heavy (non-hydrogen) atoms. The van der Waals surface area contributed by atoms with Crippen LogP contribution in [0.5, 0.6) is 0 Å². The lowest BCUT2D eigenvalue weighted by Crippen LogP contribution is -1.95. The van der Waals surface area contributed by atoms with Gasteiger partial charge in [-0.25, -0.2) is 23.1 Å². The molecule has 0 amide bonds. The van der Waals surface area contributed by atoms with Crippen LogP contribution in [0.15, 0.2) is 34.8 Å². The van der Waals surface area contributed by atoms with Crippen molar-refractivity contribution in [2.45, 2.75) is 0 Å². The maximum atomic E-state index is 14.0. The van der Waals surface area contributed by atoms with E-state index in [1.807, 2.05) is 0 Å². The molecule has 0 saturated carbocycles. The molecule has 0 saturated heterocycles. The molecule has 0 unspecified atom stereocenters. The molecular weight excluding hydrogens is 369 g/mol. The van der Waals surface area contributed by atoms with Crippen LogP contribution in [0.3, 0.4) is 0 Å². The fourth-order valence-corrected chi connectivity index (χ4v) is 2.59. The summed E-state index contributed by atoms with van der Waals surface area (Å²) in [7, 11) is 0. The fourth-order valence-electron chi connectivity index (χ4n) is 1.93. The Morgan fingerprint density at radius 2 is 1.57 bits per heavy atom. The van der Waals surface area contributed by atoms with Gasteiger partial charge in [-0.1, -0.05) is 27.5 Å². The van der Waals surface area contributed by atoms with E-state index in [0.717, 1.165) is 18.2 Å². The molecule has 7 heteroatoms. The van der Waals surface area contributed by atoms with Crippen LogP contribution in [-0.2, 0) is 0 Å². The van der Waals surface area contributed by atoms with Gasteiger partial charge in [-0.15, -0.1) is 0 Å². The van der Waals surface area contributed by atoms with Gasteiger partial charge in [-0.3, -0.25) is 0 Å². The van der Waals surface area contributed by atoms with Crippen LogP contribution in [0, 0.1) is 17.5 Å². The second-order valence-corrected chi connectivity index (χ2v) is 5.55. The van der Waals surface area contributed by atoms with Gasteiger partial charge in [-0.05, 0) is 24.3 Å². The molecule has 0 N–H and O–H groups in total. The van der Waals surface area contributed by atoms with Crippen molar-refractivity contribution in [3.05, 3.63) is 57.4 Å². The first-order valence-electron chi connectivity index (χ1n) is 5.73. The van der Waals surface area contributed by atoms with Gasteiger partial charge in [0.1, 0.15) is 22.3 Å². The minimum Gasteiger partial charge on any atom is -0.225 e. The number of hydrogen-bond acceptors (Lipinski definition) is 2. The molecule has 0 aliphatic rings. The molecule has 0 radical (unpaired) electrons. The monoisotopic (exact) mass is 372 g/mol. The molecule has 2 aromatic carbocycles. The molecule has 0 aliphatic heterocycles. The second kappa shape index (κ2) is 5.27. The molecule has 106 valence electrons. The predicted molar refractivity (Wildman–Crippen MR) is 77.6 cm³/mol. The Labute approximate surface area is 130 Å². The predicted octanol–water partition coefficient (Wildman–Crippen LogP) is 5.13. The van der Waals surface area contributed by atoms with E-state index in [1.165, 1.54) is 6.07 Å². The third-order valence-electron chi connectivity index (χ3n) is 2.79. The van der Waals surface area contributed by atoms with Gasteiger partial charge < -0.3 is 0 Å². The van der Waals surface area contributed by atoms with E-state index in [-0.39, 0.29) is 22.1 Å². The van der Waals surface area contributed by atoms with Gasteiger partial charge in [0, 0.05) is 21.5 Å². The molecule has 1 heterocycles. The lowest BCUT2D eigenvalue weighted by molar-refractivity contribution is 0.584. The van der Waals surface area contributed by atoms with Crippen molar-refractivity contribution in [1.29, 1.82) is 0 Å². The molecule has 0 spiro atoms. The smallest absolute Gasteiger partial charge is 0.161 e. The van der Waals surface area contributed by atoms with Gasteiger partial charge in [-0.2, -0.15) is 0 Å². The van der Waals surface area contributed by atoms with Crippen LogP contribution < -0.4 is 0 Å². The zero-order valence-electron chi connectivity index (χ0n) is 10.2. The van der Waals surface area contributed by atoms with E-state index in [9.17, 15) is 13.2 Å². The number of fused-ring (bicyclic) bond motifs is 1. The average Bonchev–Trinajstić information content (AvgIpc) is 2.38. The minimum absolute atomic E-state index is 0.000121. The first kappa shape index (κ1) is 14.3. The quantitative estimate of drug-likeness (QED) is 0.553. The Morgan fingerprint density at radius 3 is 2.24 bits per heavy atom. The summed E-state index contributed by atoms with van der Waals surface area (Å²) in [4.78, 5) is 7.97. The summed E-state index contributed by atoms with van der Waals surface area (Å²) >= 11 is 9.16. The van der Waals surface area contributed by atoms with Gasteiger partial charge in [0.05, 0.1) is 0 Å². The summed E-state index contributed by atoms with van der Waals surface area (Å²) in [5.74, 6) is -2.21. The molecule has 2 nitrogen and oxygen atoms in total. The molecule has 0 atom stereocenters. The van der Waals surface area contributed by atoms with Crippen LogP contribution in [0.2, 0.25) is 5.15 Å².